The highest BCUT2D eigenvalue weighted by molar-refractivity contribution is 6.26. The normalized spacial score (nSPS) is 22.4. The van der Waals surface area contributed by atoms with Crippen LogP contribution in [0.5, 0.6) is 0 Å². The maximum Gasteiger partial charge on any atom is 0.177 e. The highest BCUT2D eigenvalue weighted by Crippen LogP contribution is 2.39. The van der Waals surface area contributed by atoms with Gasteiger partial charge in [0.05, 0.1) is 11.5 Å². The largest absolute Gasteiger partial charge is 0.509 e. The van der Waals surface area contributed by atoms with E-state index in [0.717, 1.165) is 0 Å². The van der Waals surface area contributed by atoms with Crippen LogP contribution in [0, 0.1) is 0 Å². The molecule has 1 aliphatic carbocycles. The van der Waals surface area contributed by atoms with Crippen LogP contribution < -0.4 is 0 Å². The zero-order valence-electron chi connectivity index (χ0n) is 10.7. The van der Waals surface area contributed by atoms with Crippen molar-refractivity contribution in [3.63, 3.8) is 0 Å². The molecule has 2 atom stereocenters. The number of allylic oxidation sites excluding steroid dienone is 1. The van der Waals surface area contributed by atoms with Gasteiger partial charge >= 0.3 is 0 Å². The summed E-state index contributed by atoms with van der Waals surface area (Å²) in [6.07, 6.45) is -1.18. The van der Waals surface area contributed by atoms with Gasteiger partial charge in [-0.3, -0.25) is 4.79 Å². The van der Waals surface area contributed by atoms with Crippen molar-refractivity contribution in [1.82, 2.24) is 0 Å². The van der Waals surface area contributed by atoms with Gasteiger partial charge in [-0.1, -0.05) is 60.7 Å². The van der Waals surface area contributed by atoms with Gasteiger partial charge in [0, 0.05) is 0 Å². The molecule has 20 heavy (non-hydrogen) atoms. The summed E-state index contributed by atoms with van der Waals surface area (Å²) < 4.78 is 0. The van der Waals surface area contributed by atoms with Crippen LogP contribution in [0.4, 0.5) is 0 Å². The molecule has 0 aromatic heterocycles. The molecule has 0 radical (unpaired) electrons. The summed E-state index contributed by atoms with van der Waals surface area (Å²) in [5, 5.41) is 20.3. The number of aliphatic hydroxyl groups is 2. The molecule has 0 heterocycles. The number of benzene rings is 2. The monoisotopic (exact) mass is 266 g/mol. The average Bonchev–Trinajstić information content (AvgIpc) is 2.71. The molecular formula is C17H14O3. The number of rotatable bonds is 2. The number of hydrogen-bond acceptors (Lipinski definition) is 3. The van der Waals surface area contributed by atoms with Crippen molar-refractivity contribution in [1.29, 1.82) is 0 Å². The molecule has 0 fully saturated rings. The van der Waals surface area contributed by atoms with Gasteiger partial charge in [0.25, 0.3) is 0 Å². The van der Waals surface area contributed by atoms with Crippen molar-refractivity contribution in [2.75, 3.05) is 0 Å². The molecule has 100 valence electrons. The molecule has 3 heteroatoms. The maximum atomic E-state index is 12.5. The molecule has 0 spiro atoms. The average molecular weight is 266 g/mol. The molecule has 0 bridgehead atoms. The minimum absolute atomic E-state index is 0.215. The van der Waals surface area contributed by atoms with Gasteiger partial charge < -0.3 is 10.2 Å². The summed E-state index contributed by atoms with van der Waals surface area (Å²) in [6, 6.07) is 18.0. The highest BCUT2D eigenvalue weighted by Gasteiger charge is 2.42. The van der Waals surface area contributed by atoms with Crippen LogP contribution in [0.25, 0.3) is 5.57 Å². The fourth-order valence-corrected chi connectivity index (χ4v) is 2.62. The molecule has 3 nitrogen and oxygen atoms in total. The molecule has 1 aliphatic rings. The van der Waals surface area contributed by atoms with E-state index in [2.05, 4.69) is 0 Å². The van der Waals surface area contributed by atoms with Gasteiger partial charge in [0.15, 0.2) is 5.78 Å². The van der Waals surface area contributed by atoms with Crippen molar-refractivity contribution < 1.29 is 15.0 Å². The van der Waals surface area contributed by atoms with Gasteiger partial charge in [-0.05, 0) is 11.1 Å². The van der Waals surface area contributed by atoms with Crippen LogP contribution in [0.1, 0.15) is 17.0 Å². The molecule has 0 saturated carbocycles. The zero-order valence-corrected chi connectivity index (χ0v) is 10.7. The Morgan fingerprint density at radius 3 is 2.00 bits per heavy atom. The Balaban J connectivity index is 2.04. The third kappa shape index (κ3) is 1.92. The third-order valence-electron chi connectivity index (χ3n) is 3.60. The van der Waals surface area contributed by atoms with Crippen molar-refractivity contribution >= 4 is 11.4 Å². The first-order chi connectivity index (χ1) is 9.70. The summed E-state index contributed by atoms with van der Waals surface area (Å²) in [5.74, 6) is -1.21. The van der Waals surface area contributed by atoms with Gasteiger partial charge in [-0.15, -0.1) is 0 Å². The van der Waals surface area contributed by atoms with Gasteiger partial charge in [0.2, 0.25) is 0 Å². The van der Waals surface area contributed by atoms with Crippen molar-refractivity contribution in [3.05, 3.63) is 77.5 Å². The lowest BCUT2D eigenvalue weighted by Gasteiger charge is -2.13. The van der Waals surface area contributed by atoms with Gasteiger partial charge in [-0.25, -0.2) is 0 Å². The van der Waals surface area contributed by atoms with E-state index in [9.17, 15) is 15.0 Å². The minimum atomic E-state index is -1.18. The molecular weight excluding hydrogens is 252 g/mol. The Kier molecular flexibility index (Phi) is 3.12. The molecule has 0 saturated heterocycles. The van der Waals surface area contributed by atoms with Crippen LogP contribution >= 0.6 is 0 Å². The van der Waals surface area contributed by atoms with E-state index in [-0.39, 0.29) is 17.1 Å². The molecule has 1 unspecified atom stereocenters. The van der Waals surface area contributed by atoms with Crippen LogP contribution in [0.3, 0.4) is 0 Å². The summed E-state index contributed by atoms with van der Waals surface area (Å²) in [5.41, 5.74) is 1.56. The molecule has 0 amide bonds. The Morgan fingerprint density at radius 2 is 1.40 bits per heavy atom. The van der Waals surface area contributed by atoms with Crippen LogP contribution in [-0.4, -0.2) is 22.1 Å². The number of hydrogen-bond donors (Lipinski definition) is 2. The van der Waals surface area contributed by atoms with Crippen LogP contribution in [0.15, 0.2) is 66.4 Å². The van der Waals surface area contributed by atoms with Gasteiger partial charge in [0.1, 0.15) is 11.9 Å². The first kappa shape index (κ1) is 12.6. The number of carbonyl (C=O) groups is 1. The Hall–Kier alpha value is -2.39. The summed E-state index contributed by atoms with van der Waals surface area (Å²) in [4.78, 5) is 12.5. The Bertz CT molecular complexity index is 659. The number of Topliss-reactive ketones (excluding diaryl/α,β-unsaturated/α-hetero) is 1. The quantitative estimate of drug-likeness (QED) is 0.878. The van der Waals surface area contributed by atoms with Crippen LogP contribution in [0.2, 0.25) is 0 Å². The van der Waals surface area contributed by atoms with E-state index in [1.54, 1.807) is 36.4 Å². The predicted molar refractivity (Wildman–Crippen MR) is 76.2 cm³/mol. The molecule has 3 rings (SSSR count). The van der Waals surface area contributed by atoms with E-state index < -0.39 is 12.0 Å². The van der Waals surface area contributed by atoms with Crippen molar-refractivity contribution in [2.24, 2.45) is 0 Å². The lowest BCUT2D eigenvalue weighted by atomic mass is 9.91. The van der Waals surface area contributed by atoms with E-state index >= 15 is 0 Å². The second-order valence-electron chi connectivity index (χ2n) is 4.82. The lowest BCUT2D eigenvalue weighted by Crippen LogP contribution is -2.20. The topological polar surface area (TPSA) is 57.5 Å². The predicted octanol–water partition coefficient (Wildman–Crippen LogP) is 2.68. The maximum absolute atomic E-state index is 12.5. The number of aliphatic hydroxyl groups excluding tert-OH is 2. The van der Waals surface area contributed by atoms with Crippen LogP contribution in [-0.2, 0) is 4.79 Å². The third-order valence-corrected chi connectivity index (χ3v) is 3.60. The van der Waals surface area contributed by atoms with E-state index in [1.165, 1.54) is 0 Å². The van der Waals surface area contributed by atoms with E-state index in [1.807, 2.05) is 24.3 Å². The summed E-state index contributed by atoms with van der Waals surface area (Å²) >= 11 is 0. The fourth-order valence-electron chi connectivity index (χ4n) is 2.62. The molecule has 0 aliphatic heterocycles. The Morgan fingerprint density at radius 1 is 0.850 bits per heavy atom. The van der Waals surface area contributed by atoms with Crippen molar-refractivity contribution in [3.8, 4) is 0 Å². The fraction of sp³-hybridized carbons (Fsp3) is 0.118. The lowest BCUT2D eigenvalue weighted by molar-refractivity contribution is -0.115. The summed E-state index contributed by atoms with van der Waals surface area (Å²) in [7, 11) is 0. The summed E-state index contributed by atoms with van der Waals surface area (Å²) in [6.45, 7) is 0. The highest BCUT2D eigenvalue weighted by atomic mass is 16.3. The van der Waals surface area contributed by atoms with Crippen molar-refractivity contribution in [2.45, 2.75) is 12.0 Å². The van der Waals surface area contributed by atoms with E-state index in [4.69, 9.17) is 0 Å². The SMILES string of the molecule is O=C1C(c2ccccc2)=C(O)[C@@H](O)C1c1ccccc1. The van der Waals surface area contributed by atoms with E-state index in [0.29, 0.717) is 11.1 Å². The number of ketones is 1. The molecule has 2 aromatic carbocycles. The second-order valence-corrected chi connectivity index (χ2v) is 4.82. The zero-order chi connectivity index (χ0) is 14.1. The smallest absolute Gasteiger partial charge is 0.177 e. The van der Waals surface area contributed by atoms with Gasteiger partial charge in [-0.2, -0.15) is 0 Å². The standard InChI is InChI=1S/C17H14O3/c18-15-13(11-7-3-1-4-8-11)16(19)17(20)14(15)12-9-5-2-6-10-12/h1-10,13,16,19-20H/t13?,16-/m0/s1. The molecule has 2 aromatic rings. The minimum Gasteiger partial charge on any atom is -0.509 e. The first-order valence-corrected chi connectivity index (χ1v) is 6.46. The Labute approximate surface area is 116 Å². The first-order valence-electron chi connectivity index (χ1n) is 6.46. The number of carbonyl (C=O) groups excluding carboxylic acids is 1. The second kappa shape index (κ2) is 4.94. The molecule has 2 N–H and O–H groups in total.